The molecular formula is C19H17NO5S. The molecule has 1 aliphatic carbocycles. The van der Waals surface area contributed by atoms with E-state index in [1.165, 1.54) is 19.2 Å². The van der Waals surface area contributed by atoms with Crippen LogP contribution < -0.4 is 4.74 Å². The Balaban J connectivity index is 2.10. The van der Waals surface area contributed by atoms with Crippen molar-refractivity contribution in [2.45, 2.75) is 23.0 Å². The fourth-order valence-electron chi connectivity index (χ4n) is 3.34. The summed E-state index contributed by atoms with van der Waals surface area (Å²) in [5.41, 5.74) is -0.634. The summed E-state index contributed by atoms with van der Waals surface area (Å²) in [4.78, 5) is 11.9. The second-order valence-electron chi connectivity index (χ2n) is 6.32. The molecule has 0 aliphatic heterocycles. The summed E-state index contributed by atoms with van der Waals surface area (Å²) in [5, 5.41) is 17.9. The van der Waals surface area contributed by atoms with Crippen LogP contribution in [0.1, 0.15) is 17.0 Å². The highest BCUT2D eigenvalue weighted by Gasteiger charge is 2.77. The van der Waals surface area contributed by atoms with Gasteiger partial charge in [-0.05, 0) is 36.8 Å². The maximum Gasteiger partial charge on any atom is 0.326 e. The molecule has 3 atom stereocenters. The zero-order valence-corrected chi connectivity index (χ0v) is 15.0. The van der Waals surface area contributed by atoms with Crippen LogP contribution in [0.4, 0.5) is 0 Å². The fourth-order valence-corrected chi connectivity index (χ4v) is 5.59. The van der Waals surface area contributed by atoms with Crippen LogP contribution in [0.3, 0.4) is 0 Å². The molecule has 2 aromatic carbocycles. The van der Waals surface area contributed by atoms with Crippen LogP contribution in [-0.2, 0) is 14.6 Å². The van der Waals surface area contributed by atoms with E-state index in [2.05, 4.69) is 0 Å². The average molecular weight is 371 g/mol. The van der Waals surface area contributed by atoms with Gasteiger partial charge in [-0.25, -0.2) is 8.42 Å². The van der Waals surface area contributed by atoms with Crippen LogP contribution in [0.15, 0.2) is 53.4 Å². The number of carboxylic acids is 1. The van der Waals surface area contributed by atoms with E-state index in [4.69, 9.17) is 4.74 Å². The monoisotopic (exact) mass is 371 g/mol. The highest BCUT2D eigenvalue weighted by Crippen LogP contribution is 2.64. The third kappa shape index (κ3) is 2.54. The van der Waals surface area contributed by atoms with Crippen molar-refractivity contribution in [1.29, 1.82) is 5.26 Å². The van der Waals surface area contributed by atoms with E-state index in [0.717, 1.165) is 5.56 Å². The topological polar surface area (TPSA) is 104 Å². The maximum atomic E-state index is 13.1. The highest BCUT2D eigenvalue weighted by atomic mass is 32.2. The Morgan fingerprint density at radius 3 is 2.19 bits per heavy atom. The Labute approximate surface area is 151 Å². The first-order valence-electron chi connectivity index (χ1n) is 7.88. The van der Waals surface area contributed by atoms with Crippen molar-refractivity contribution in [1.82, 2.24) is 0 Å². The van der Waals surface area contributed by atoms with Crippen molar-refractivity contribution in [3.8, 4) is 11.8 Å². The quantitative estimate of drug-likeness (QED) is 0.866. The molecule has 0 bridgehead atoms. The number of nitriles is 1. The number of nitrogens with zero attached hydrogens (tertiary/aromatic N) is 1. The lowest BCUT2D eigenvalue weighted by Crippen LogP contribution is -2.22. The molecule has 1 N–H and O–H groups in total. The molecule has 2 aromatic rings. The molecule has 0 spiro atoms. The van der Waals surface area contributed by atoms with E-state index < -0.39 is 32.4 Å². The number of ether oxygens (including phenoxy) is 1. The molecule has 1 fully saturated rings. The predicted molar refractivity (Wildman–Crippen MR) is 93.6 cm³/mol. The number of hydrogen-bond donors (Lipinski definition) is 1. The third-order valence-corrected chi connectivity index (χ3v) is 7.07. The van der Waals surface area contributed by atoms with Gasteiger partial charge in [0, 0.05) is 5.92 Å². The van der Waals surface area contributed by atoms with Crippen LogP contribution in [0, 0.1) is 23.7 Å². The Bertz CT molecular complexity index is 990. The first-order valence-corrected chi connectivity index (χ1v) is 9.43. The smallest absolute Gasteiger partial charge is 0.326 e. The Hall–Kier alpha value is -2.85. The number of rotatable bonds is 5. The first-order chi connectivity index (χ1) is 12.3. The normalized spacial score (nSPS) is 24.5. The number of benzene rings is 2. The molecule has 134 valence electrons. The van der Waals surface area contributed by atoms with Crippen molar-refractivity contribution in [2.24, 2.45) is 5.41 Å². The van der Waals surface area contributed by atoms with Gasteiger partial charge in [0.25, 0.3) is 0 Å². The number of aryl methyl sites for hydroxylation is 1. The van der Waals surface area contributed by atoms with Crippen LogP contribution in [0.2, 0.25) is 0 Å². The lowest BCUT2D eigenvalue weighted by Gasteiger charge is -2.05. The Morgan fingerprint density at radius 1 is 1.15 bits per heavy atom. The molecule has 0 amide bonds. The minimum absolute atomic E-state index is 0.0185. The zero-order valence-electron chi connectivity index (χ0n) is 14.2. The summed E-state index contributed by atoms with van der Waals surface area (Å²) in [5.74, 6) is -1.81. The van der Waals surface area contributed by atoms with Gasteiger partial charge in [-0.2, -0.15) is 5.26 Å². The molecule has 1 aliphatic rings. The summed E-state index contributed by atoms with van der Waals surface area (Å²) in [6.45, 7) is 1.82. The van der Waals surface area contributed by atoms with Crippen molar-refractivity contribution >= 4 is 15.8 Å². The second-order valence-corrected chi connectivity index (χ2v) is 8.38. The second kappa shape index (κ2) is 6.15. The SMILES string of the molecule is COc1ccc([C@H]2[C@@H](S(=O)(=O)c3ccc(C)cc3)[C@@]2(C#N)C(=O)O)cc1. The molecule has 6 nitrogen and oxygen atoms in total. The summed E-state index contributed by atoms with van der Waals surface area (Å²) in [6.07, 6.45) is 0. The molecule has 0 heterocycles. The lowest BCUT2D eigenvalue weighted by molar-refractivity contribution is -0.141. The molecule has 1 saturated carbocycles. The Kier molecular flexibility index (Phi) is 4.24. The average Bonchev–Trinajstić information content (AvgIpc) is 3.34. The van der Waals surface area contributed by atoms with Gasteiger partial charge in [-0.3, -0.25) is 4.79 Å². The van der Waals surface area contributed by atoms with Crippen molar-refractivity contribution in [2.75, 3.05) is 7.11 Å². The summed E-state index contributed by atoms with van der Waals surface area (Å²) in [6, 6.07) is 14.4. The molecule has 0 aromatic heterocycles. The van der Waals surface area contributed by atoms with Gasteiger partial charge >= 0.3 is 5.97 Å². The number of methoxy groups -OCH3 is 1. The molecule has 0 saturated heterocycles. The van der Waals surface area contributed by atoms with E-state index in [9.17, 15) is 23.6 Å². The van der Waals surface area contributed by atoms with E-state index >= 15 is 0 Å². The van der Waals surface area contributed by atoms with Crippen molar-refractivity contribution in [3.05, 3.63) is 59.7 Å². The Morgan fingerprint density at radius 2 is 1.73 bits per heavy atom. The molecule has 7 heteroatoms. The van der Waals surface area contributed by atoms with Crippen LogP contribution in [0.5, 0.6) is 5.75 Å². The summed E-state index contributed by atoms with van der Waals surface area (Å²) >= 11 is 0. The van der Waals surface area contributed by atoms with E-state index in [1.54, 1.807) is 42.5 Å². The van der Waals surface area contributed by atoms with Gasteiger partial charge in [-0.15, -0.1) is 0 Å². The van der Waals surface area contributed by atoms with Crippen LogP contribution in [-0.4, -0.2) is 31.9 Å². The molecule has 0 unspecified atom stereocenters. The van der Waals surface area contributed by atoms with Gasteiger partial charge in [0.2, 0.25) is 0 Å². The number of sulfone groups is 1. The van der Waals surface area contributed by atoms with Crippen LogP contribution >= 0.6 is 0 Å². The van der Waals surface area contributed by atoms with Crippen molar-refractivity contribution in [3.63, 3.8) is 0 Å². The predicted octanol–water partition coefficient (Wildman–Crippen LogP) is 2.54. The lowest BCUT2D eigenvalue weighted by atomic mass is 10.0. The van der Waals surface area contributed by atoms with Gasteiger partial charge in [0.05, 0.1) is 18.1 Å². The summed E-state index contributed by atoms with van der Waals surface area (Å²) in [7, 11) is -2.50. The van der Waals surface area contributed by atoms with Gasteiger partial charge < -0.3 is 9.84 Å². The number of carbonyl (C=O) groups is 1. The van der Waals surface area contributed by atoms with E-state index in [-0.39, 0.29) is 4.90 Å². The number of carboxylic acid groups (broad SMARTS) is 1. The molecule has 26 heavy (non-hydrogen) atoms. The maximum absolute atomic E-state index is 13.1. The van der Waals surface area contributed by atoms with E-state index in [1.807, 2.05) is 6.92 Å². The first kappa shape index (κ1) is 18.0. The standard InChI is InChI=1S/C19H17NO5S/c1-12-3-9-15(10-4-12)26(23,24)17-16(19(17,11-20)18(21)22)13-5-7-14(25-2)8-6-13/h3-10,16-17H,1-2H3,(H,21,22)/t16-,17+,19-/m0/s1. The third-order valence-electron chi connectivity index (χ3n) is 4.83. The van der Waals surface area contributed by atoms with Crippen LogP contribution in [0.25, 0.3) is 0 Å². The molecular weight excluding hydrogens is 354 g/mol. The zero-order chi connectivity index (χ0) is 19.1. The van der Waals surface area contributed by atoms with E-state index in [0.29, 0.717) is 11.3 Å². The van der Waals surface area contributed by atoms with Crippen molar-refractivity contribution < 1.29 is 23.1 Å². The highest BCUT2D eigenvalue weighted by molar-refractivity contribution is 7.92. The number of aliphatic carboxylic acids is 1. The van der Waals surface area contributed by atoms with Gasteiger partial charge in [0.1, 0.15) is 11.0 Å². The van der Waals surface area contributed by atoms with Gasteiger partial charge in [0.15, 0.2) is 15.3 Å². The summed E-state index contributed by atoms with van der Waals surface area (Å²) < 4.78 is 31.2. The largest absolute Gasteiger partial charge is 0.497 e. The molecule has 3 rings (SSSR count). The minimum atomic E-state index is -3.99. The minimum Gasteiger partial charge on any atom is -0.497 e. The molecule has 0 radical (unpaired) electrons. The number of hydrogen-bond acceptors (Lipinski definition) is 5. The fraction of sp³-hybridized carbons (Fsp3) is 0.263. The van der Waals surface area contributed by atoms with Gasteiger partial charge in [-0.1, -0.05) is 29.8 Å².